The smallest absolute Gasteiger partial charge is 0.209 e. The van der Waals surface area contributed by atoms with Gasteiger partial charge in [0.1, 0.15) is 11.5 Å². The summed E-state index contributed by atoms with van der Waals surface area (Å²) in [6.45, 7) is 4.46. The average Bonchev–Trinajstić information content (AvgIpc) is 3.39. The SMILES string of the molecule is CCOc1ccc(C2CCCN2Cc2ncc(-c3ccc(OC)cc3)o2)cc1. The molecule has 5 nitrogen and oxygen atoms in total. The summed E-state index contributed by atoms with van der Waals surface area (Å²) in [4.78, 5) is 6.95. The highest BCUT2D eigenvalue weighted by Crippen LogP contribution is 2.34. The third-order valence-corrected chi connectivity index (χ3v) is 5.21. The van der Waals surface area contributed by atoms with Gasteiger partial charge in [0.05, 0.1) is 26.5 Å². The zero-order valence-electron chi connectivity index (χ0n) is 16.4. The van der Waals surface area contributed by atoms with Crippen molar-refractivity contribution in [2.45, 2.75) is 32.4 Å². The first kappa shape index (κ1) is 18.6. The first-order valence-electron chi connectivity index (χ1n) is 9.82. The maximum Gasteiger partial charge on any atom is 0.209 e. The third-order valence-electron chi connectivity index (χ3n) is 5.21. The summed E-state index contributed by atoms with van der Waals surface area (Å²) in [5.74, 6) is 3.30. The molecule has 1 aliphatic rings. The minimum absolute atomic E-state index is 0.395. The van der Waals surface area contributed by atoms with E-state index >= 15 is 0 Å². The molecule has 1 fully saturated rings. The fourth-order valence-corrected chi connectivity index (χ4v) is 3.79. The lowest BCUT2D eigenvalue weighted by Gasteiger charge is -2.23. The average molecular weight is 378 g/mol. The number of rotatable bonds is 7. The van der Waals surface area contributed by atoms with Gasteiger partial charge in [0.25, 0.3) is 0 Å². The first-order chi connectivity index (χ1) is 13.8. The van der Waals surface area contributed by atoms with Crippen LogP contribution in [0, 0.1) is 0 Å². The van der Waals surface area contributed by atoms with E-state index in [0.29, 0.717) is 19.2 Å². The number of likely N-dealkylation sites (tertiary alicyclic amines) is 1. The van der Waals surface area contributed by atoms with E-state index in [0.717, 1.165) is 41.7 Å². The summed E-state index contributed by atoms with van der Waals surface area (Å²) in [5, 5.41) is 0. The molecule has 5 heteroatoms. The largest absolute Gasteiger partial charge is 0.497 e. The van der Waals surface area contributed by atoms with Crippen molar-refractivity contribution in [3.63, 3.8) is 0 Å². The predicted octanol–water partition coefficient (Wildman–Crippen LogP) is 5.09. The number of hydrogen-bond acceptors (Lipinski definition) is 5. The Kier molecular flexibility index (Phi) is 5.63. The van der Waals surface area contributed by atoms with Crippen LogP contribution in [-0.4, -0.2) is 30.1 Å². The molecule has 2 aromatic carbocycles. The molecule has 3 aromatic rings. The number of hydrogen-bond donors (Lipinski definition) is 0. The maximum absolute atomic E-state index is 6.03. The van der Waals surface area contributed by atoms with Crippen molar-refractivity contribution in [2.24, 2.45) is 0 Å². The molecule has 4 rings (SSSR count). The van der Waals surface area contributed by atoms with Crippen molar-refractivity contribution >= 4 is 0 Å². The molecule has 0 aliphatic carbocycles. The number of ether oxygens (including phenoxy) is 2. The molecule has 0 spiro atoms. The number of aromatic nitrogens is 1. The second kappa shape index (κ2) is 8.48. The second-order valence-electron chi connectivity index (χ2n) is 6.98. The molecule has 1 aliphatic heterocycles. The molecule has 1 atom stereocenters. The zero-order chi connectivity index (χ0) is 19.3. The molecule has 0 amide bonds. The predicted molar refractivity (Wildman–Crippen MR) is 108 cm³/mol. The summed E-state index contributed by atoms with van der Waals surface area (Å²) in [7, 11) is 1.67. The van der Waals surface area contributed by atoms with Gasteiger partial charge in [0.15, 0.2) is 5.76 Å². The Morgan fingerprint density at radius 1 is 1.07 bits per heavy atom. The van der Waals surface area contributed by atoms with Crippen LogP contribution in [0.25, 0.3) is 11.3 Å². The Bertz CT molecular complexity index is 887. The number of methoxy groups -OCH3 is 1. The zero-order valence-corrected chi connectivity index (χ0v) is 16.4. The summed E-state index contributed by atoms with van der Waals surface area (Å²) in [5.41, 5.74) is 2.33. The summed E-state index contributed by atoms with van der Waals surface area (Å²) in [6.07, 6.45) is 4.14. The molecule has 0 bridgehead atoms. The Balaban J connectivity index is 1.45. The highest BCUT2D eigenvalue weighted by atomic mass is 16.5. The second-order valence-corrected chi connectivity index (χ2v) is 6.98. The number of nitrogens with zero attached hydrogens (tertiary/aromatic N) is 2. The van der Waals surface area contributed by atoms with Gasteiger partial charge in [0, 0.05) is 11.6 Å². The Labute approximate surface area is 165 Å². The third kappa shape index (κ3) is 4.04. The van der Waals surface area contributed by atoms with E-state index in [1.54, 1.807) is 13.3 Å². The van der Waals surface area contributed by atoms with Gasteiger partial charge in [-0.25, -0.2) is 4.98 Å². The lowest BCUT2D eigenvalue weighted by molar-refractivity contribution is 0.224. The van der Waals surface area contributed by atoms with E-state index in [4.69, 9.17) is 13.9 Å². The monoisotopic (exact) mass is 378 g/mol. The molecule has 0 N–H and O–H groups in total. The van der Waals surface area contributed by atoms with Crippen molar-refractivity contribution in [3.8, 4) is 22.8 Å². The highest BCUT2D eigenvalue weighted by Gasteiger charge is 2.27. The van der Waals surface area contributed by atoms with E-state index in [2.05, 4.69) is 34.1 Å². The molecule has 1 aromatic heterocycles. The van der Waals surface area contributed by atoms with Crippen molar-refractivity contribution < 1.29 is 13.9 Å². The van der Waals surface area contributed by atoms with Crippen LogP contribution in [0.3, 0.4) is 0 Å². The van der Waals surface area contributed by atoms with Gasteiger partial charge in [-0.15, -0.1) is 0 Å². The van der Waals surface area contributed by atoms with Crippen molar-refractivity contribution in [2.75, 3.05) is 20.3 Å². The molecule has 0 saturated carbocycles. The fourth-order valence-electron chi connectivity index (χ4n) is 3.79. The van der Waals surface area contributed by atoms with Crippen LogP contribution < -0.4 is 9.47 Å². The van der Waals surface area contributed by atoms with Crippen LogP contribution in [0.15, 0.2) is 59.1 Å². The number of benzene rings is 2. The van der Waals surface area contributed by atoms with Crippen molar-refractivity contribution in [3.05, 3.63) is 66.2 Å². The molecular formula is C23H26N2O3. The summed E-state index contributed by atoms with van der Waals surface area (Å²) < 4.78 is 16.8. The van der Waals surface area contributed by atoms with E-state index < -0.39 is 0 Å². The standard InChI is InChI=1S/C23H26N2O3/c1-3-27-20-12-6-17(7-13-20)21-5-4-14-25(21)16-23-24-15-22(28-23)18-8-10-19(26-2)11-9-18/h6-13,15,21H,3-5,14,16H2,1-2H3. The van der Waals surface area contributed by atoms with Gasteiger partial charge in [0.2, 0.25) is 5.89 Å². The van der Waals surface area contributed by atoms with E-state index in [1.807, 2.05) is 31.2 Å². The minimum Gasteiger partial charge on any atom is -0.497 e. The van der Waals surface area contributed by atoms with E-state index in [1.165, 1.54) is 12.0 Å². The molecule has 0 radical (unpaired) electrons. The van der Waals surface area contributed by atoms with Crippen LogP contribution in [0.4, 0.5) is 0 Å². The molecule has 2 heterocycles. The van der Waals surface area contributed by atoms with Gasteiger partial charge in [-0.1, -0.05) is 12.1 Å². The van der Waals surface area contributed by atoms with E-state index in [-0.39, 0.29) is 0 Å². The van der Waals surface area contributed by atoms with Crippen LogP contribution in [0.5, 0.6) is 11.5 Å². The van der Waals surface area contributed by atoms with Gasteiger partial charge >= 0.3 is 0 Å². The normalized spacial score (nSPS) is 17.0. The topological polar surface area (TPSA) is 47.7 Å². The van der Waals surface area contributed by atoms with Crippen molar-refractivity contribution in [1.82, 2.24) is 9.88 Å². The Morgan fingerprint density at radius 2 is 1.82 bits per heavy atom. The van der Waals surface area contributed by atoms with Crippen LogP contribution >= 0.6 is 0 Å². The van der Waals surface area contributed by atoms with Crippen LogP contribution in [0.2, 0.25) is 0 Å². The molecule has 1 saturated heterocycles. The molecule has 28 heavy (non-hydrogen) atoms. The van der Waals surface area contributed by atoms with Crippen LogP contribution in [-0.2, 0) is 6.54 Å². The van der Waals surface area contributed by atoms with Crippen LogP contribution in [0.1, 0.15) is 37.3 Å². The molecular weight excluding hydrogens is 352 g/mol. The maximum atomic E-state index is 6.03. The quantitative estimate of drug-likeness (QED) is 0.573. The number of oxazole rings is 1. The van der Waals surface area contributed by atoms with Gasteiger partial charge < -0.3 is 13.9 Å². The van der Waals surface area contributed by atoms with Gasteiger partial charge in [-0.05, 0) is 68.3 Å². The fraction of sp³-hybridized carbons (Fsp3) is 0.348. The minimum atomic E-state index is 0.395. The summed E-state index contributed by atoms with van der Waals surface area (Å²) in [6, 6.07) is 16.7. The Morgan fingerprint density at radius 3 is 2.54 bits per heavy atom. The molecule has 1 unspecified atom stereocenters. The van der Waals surface area contributed by atoms with Gasteiger partial charge in [-0.3, -0.25) is 4.90 Å². The lowest BCUT2D eigenvalue weighted by Crippen LogP contribution is -2.22. The van der Waals surface area contributed by atoms with E-state index in [9.17, 15) is 0 Å². The first-order valence-corrected chi connectivity index (χ1v) is 9.82. The lowest BCUT2D eigenvalue weighted by atomic mass is 10.0. The summed E-state index contributed by atoms with van der Waals surface area (Å²) >= 11 is 0. The van der Waals surface area contributed by atoms with Crippen molar-refractivity contribution in [1.29, 1.82) is 0 Å². The Hall–Kier alpha value is -2.79. The highest BCUT2D eigenvalue weighted by molar-refractivity contribution is 5.57. The van der Waals surface area contributed by atoms with Gasteiger partial charge in [-0.2, -0.15) is 0 Å². The molecule has 146 valence electrons.